The van der Waals surface area contributed by atoms with Crippen molar-refractivity contribution in [2.45, 2.75) is 52.1 Å². The van der Waals surface area contributed by atoms with Crippen LogP contribution in [0, 0.1) is 11.3 Å². The number of rotatable bonds is 6. The second-order valence-corrected chi connectivity index (χ2v) is 8.89. The molecule has 7 heteroatoms. The van der Waals surface area contributed by atoms with E-state index in [-0.39, 0.29) is 42.0 Å². The first-order valence-electron chi connectivity index (χ1n) is 8.88. The number of thioether (sulfide) groups is 1. The highest BCUT2D eigenvalue weighted by molar-refractivity contribution is 9.10. The lowest BCUT2D eigenvalue weighted by Gasteiger charge is -2.31. The molecule has 1 N–H and O–H groups in total. The van der Waals surface area contributed by atoms with Crippen molar-refractivity contribution in [3.63, 3.8) is 0 Å². The zero-order valence-corrected chi connectivity index (χ0v) is 18.4. The largest absolute Gasteiger partial charge is 0.337 e. The van der Waals surface area contributed by atoms with E-state index in [1.165, 1.54) is 11.8 Å². The van der Waals surface area contributed by atoms with Crippen molar-refractivity contribution in [3.05, 3.63) is 44.9 Å². The van der Waals surface area contributed by atoms with Crippen molar-refractivity contribution in [1.29, 1.82) is 5.26 Å². The Morgan fingerprint density at radius 2 is 2.04 bits per heavy atom. The van der Waals surface area contributed by atoms with Crippen LogP contribution in [0.15, 0.2) is 39.3 Å². The molecule has 0 aliphatic carbocycles. The maximum Gasteiger partial charge on any atom is 0.233 e. The van der Waals surface area contributed by atoms with Crippen molar-refractivity contribution in [3.8, 4) is 6.07 Å². The molecule has 0 aromatic heterocycles. The molecule has 0 radical (unpaired) electrons. The normalized spacial score (nSPS) is 17.1. The summed E-state index contributed by atoms with van der Waals surface area (Å²) in [4.78, 5) is 26.7. The number of benzene rings is 1. The lowest BCUT2D eigenvalue weighted by Crippen LogP contribution is -2.43. The van der Waals surface area contributed by atoms with Gasteiger partial charge in [-0.3, -0.25) is 9.59 Å². The molecule has 0 spiro atoms. The zero-order valence-electron chi connectivity index (χ0n) is 16.0. The predicted octanol–water partition coefficient (Wildman–Crippen LogP) is 4.17. The highest BCUT2D eigenvalue weighted by Gasteiger charge is 2.30. The van der Waals surface area contributed by atoms with Crippen LogP contribution in [0.1, 0.15) is 45.6 Å². The van der Waals surface area contributed by atoms with Gasteiger partial charge in [-0.2, -0.15) is 5.26 Å². The quantitative estimate of drug-likeness (QED) is 0.706. The average Bonchev–Trinajstić information content (AvgIpc) is 2.58. The molecule has 0 unspecified atom stereocenters. The van der Waals surface area contributed by atoms with E-state index in [1.807, 2.05) is 56.9 Å². The molecule has 144 valence electrons. The van der Waals surface area contributed by atoms with Gasteiger partial charge in [-0.15, -0.1) is 0 Å². The summed E-state index contributed by atoms with van der Waals surface area (Å²) in [7, 11) is 0. The summed E-state index contributed by atoms with van der Waals surface area (Å²) in [5, 5.41) is 13.0. The van der Waals surface area contributed by atoms with Crippen LogP contribution in [0.3, 0.4) is 0 Å². The van der Waals surface area contributed by atoms with Gasteiger partial charge in [-0.25, -0.2) is 0 Å². The van der Waals surface area contributed by atoms with E-state index in [0.717, 1.165) is 10.0 Å². The van der Waals surface area contributed by atoms with Gasteiger partial charge in [0.05, 0.1) is 22.4 Å². The number of carbonyl (C=O) groups excluding carboxylic acids is 2. The minimum atomic E-state index is -0.301. The highest BCUT2D eigenvalue weighted by atomic mass is 79.9. The van der Waals surface area contributed by atoms with Crippen LogP contribution in [-0.2, 0) is 9.59 Å². The Labute approximate surface area is 173 Å². The van der Waals surface area contributed by atoms with Gasteiger partial charge in [0, 0.05) is 28.9 Å². The van der Waals surface area contributed by atoms with Crippen LogP contribution in [0.5, 0.6) is 0 Å². The van der Waals surface area contributed by atoms with Gasteiger partial charge in [0.2, 0.25) is 11.8 Å². The first-order valence-corrected chi connectivity index (χ1v) is 10.7. The standard InChI is InChI=1S/C20H24BrN3O2S/c1-12(2)24(13(3)4)19(26)11-27-20-17(10-22)16(9-18(25)23-20)14-6-5-7-15(21)8-14/h5-8,12-13,16H,9,11H2,1-4H3,(H,23,25)/t16-/m0/s1. The Hall–Kier alpha value is -1.78. The molecule has 1 aromatic carbocycles. The van der Waals surface area contributed by atoms with Crippen LogP contribution >= 0.6 is 27.7 Å². The van der Waals surface area contributed by atoms with Crippen molar-refractivity contribution in [2.75, 3.05) is 5.75 Å². The third kappa shape index (κ3) is 5.36. The minimum Gasteiger partial charge on any atom is -0.337 e. The van der Waals surface area contributed by atoms with Gasteiger partial charge in [0.1, 0.15) is 0 Å². The molecular weight excluding hydrogens is 426 g/mol. The van der Waals surface area contributed by atoms with E-state index in [2.05, 4.69) is 27.3 Å². The molecule has 27 heavy (non-hydrogen) atoms. The molecule has 1 heterocycles. The van der Waals surface area contributed by atoms with Gasteiger partial charge < -0.3 is 10.2 Å². The van der Waals surface area contributed by atoms with E-state index in [9.17, 15) is 14.9 Å². The van der Waals surface area contributed by atoms with Gasteiger partial charge in [-0.1, -0.05) is 39.8 Å². The van der Waals surface area contributed by atoms with Crippen LogP contribution in [0.2, 0.25) is 0 Å². The number of allylic oxidation sites excluding steroid dienone is 1. The number of hydrogen-bond acceptors (Lipinski definition) is 4. The number of amides is 2. The fourth-order valence-corrected chi connectivity index (χ4v) is 4.69. The molecule has 0 fully saturated rings. The fraction of sp³-hybridized carbons (Fsp3) is 0.450. The fourth-order valence-electron chi connectivity index (χ4n) is 3.32. The second kappa shape index (κ2) is 9.43. The topological polar surface area (TPSA) is 73.2 Å². The highest BCUT2D eigenvalue weighted by Crippen LogP contribution is 2.36. The van der Waals surface area contributed by atoms with Crippen LogP contribution in [0.4, 0.5) is 0 Å². The number of nitrogens with zero attached hydrogens (tertiary/aromatic N) is 2. The van der Waals surface area contributed by atoms with E-state index >= 15 is 0 Å². The molecule has 1 aromatic rings. The zero-order chi connectivity index (χ0) is 20.1. The Balaban J connectivity index is 2.26. The van der Waals surface area contributed by atoms with E-state index in [4.69, 9.17) is 0 Å². The summed E-state index contributed by atoms with van der Waals surface area (Å²) in [6, 6.07) is 10.1. The molecule has 1 aliphatic rings. The van der Waals surface area contributed by atoms with Crippen LogP contribution < -0.4 is 5.32 Å². The average molecular weight is 450 g/mol. The SMILES string of the molecule is CC(C)N(C(=O)CSC1=C(C#N)[C@H](c2cccc(Br)c2)CC(=O)N1)C(C)C. The number of nitriles is 1. The summed E-state index contributed by atoms with van der Waals surface area (Å²) < 4.78 is 0.900. The first kappa shape index (κ1) is 21.5. The summed E-state index contributed by atoms with van der Waals surface area (Å²) in [6.45, 7) is 7.92. The molecule has 2 amide bonds. The van der Waals surface area contributed by atoms with E-state index < -0.39 is 0 Å². The Morgan fingerprint density at radius 3 is 2.59 bits per heavy atom. The minimum absolute atomic E-state index is 0.00591. The summed E-state index contributed by atoms with van der Waals surface area (Å²) in [5.41, 5.74) is 1.41. The van der Waals surface area contributed by atoms with Crippen LogP contribution in [-0.4, -0.2) is 34.6 Å². The molecule has 1 atom stereocenters. The number of hydrogen-bond donors (Lipinski definition) is 1. The lowest BCUT2D eigenvalue weighted by molar-refractivity contribution is -0.131. The lowest BCUT2D eigenvalue weighted by atomic mass is 9.87. The molecular formula is C20H24BrN3O2S. The maximum absolute atomic E-state index is 12.6. The maximum atomic E-state index is 12.6. The molecule has 0 saturated carbocycles. The molecule has 0 saturated heterocycles. The molecule has 5 nitrogen and oxygen atoms in total. The third-order valence-corrected chi connectivity index (χ3v) is 5.84. The van der Waals surface area contributed by atoms with E-state index in [0.29, 0.717) is 10.6 Å². The van der Waals surface area contributed by atoms with E-state index in [1.54, 1.807) is 0 Å². The van der Waals surface area contributed by atoms with Crippen molar-refractivity contribution >= 4 is 39.5 Å². The van der Waals surface area contributed by atoms with Crippen molar-refractivity contribution in [2.24, 2.45) is 0 Å². The summed E-state index contributed by atoms with van der Waals surface area (Å²) >= 11 is 4.67. The van der Waals surface area contributed by atoms with Gasteiger partial charge >= 0.3 is 0 Å². The smallest absolute Gasteiger partial charge is 0.233 e. The molecule has 1 aliphatic heterocycles. The molecule has 2 rings (SSSR count). The Morgan fingerprint density at radius 1 is 1.37 bits per heavy atom. The summed E-state index contributed by atoms with van der Waals surface area (Å²) in [6.07, 6.45) is 0.224. The Kier molecular flexibility index (Phi) is 7.51. The van der Waals surface area contributed by atoms with Gasteiger partial charge in [0.15, 0.2) is 0 Å². The van der Waals surface area contributed by atoms with Gasteiger partial charge in [0.25, 0.3) is 0 Å². The van der Waals surface area contributed by atoms with Crippen molar-refractivity contribution in [1.82, 2.24) is 10.2 Å². The molecule has 0 bridgehead atoms. The predicted molar refractivity (Wildman–Crippen MR) is 112 cm³/mol. The first-order chi connectivity index (χ1) is 12.7. The summed E-state index contributed by atoms with van der Waals surface area (Å²) in [5.74, 6) is -0.264. The third-order valence-electron chi connectivity index (χ3n) is 4.35. The number of carbonyl (C=O) groups is 2. The Bertz CT molecular complexity index is 791. The van der Waals surface area contributed by atoms with Crippen molar-refractivity contribution < 1.29 is 9.59 Å². The van der Waals surface area contributed by atoms with Crippen LogP contribution in [0.25, 0.3) is 0 Å². The monoisotopic (exact) mass is 449 g/mol. The number of halogens is 1. The number of nitrogens with one attached hydrogen (secondary N) is 1. The van der Waals surface area contributed by atoms with Gasteiger partial charge in [-0.05, 0) is 45.4 Å². The second-order valence-electron chi connectivity index (χ2n) is 6.99.